The molecular formula is C29H41N5O3. The fraction of sp³-hybridized carbons (Fsp3) is 0.552. The Bertz CT molecular complexity index is 1150. The number of benzene rings is 1. The monoisotopic (exact) mass is 507 g/mol. The number of fused-ring (bicyclic) bond motifs is 1. The van der Waals surface area contributed by atoms with Crippen molar-refractivity contribution in [1.82, 2.24) is 19.4 Å². The van der Waals surface area contributed by atoms with E-state index < -0.39 is 0 Å². The molecule has 0 spiro atoms. The highest BCUT2D eigenvalue weighted by Gasteiger charge is 2.23. The summed E-state index contributed by atoms with van der Waals surface area (Å²) in [6.07, 6.45) is 9.88. The SMILES string of the molecule is CCCn1cc(CCN(CC)CC2CCN(c3ncc(C(=O)OCC)cn3)CC2)c2ccc(OC)cc21. The first-order valence-corrected chi connectivity index (χ1v) is 13.7. The second-order valence-electron chi connectivity index (χ2n) is 9.80. The first kappa shape index (κ1) is 26.9. The molecule has 8 heteroatoms. The molecule has 3 aromatic rings. The molecule has 1 aliphatic heterocycles. The highest BCUT2D eigenvalue weighted by molar-refractivity contribution is 5.88. The molecule has 0 atom stereocenters. The van der Waals surface area contributed by atoms with E-state index in [9.17, 15) is 4.79 Å². The number of rotatable bonds is 12. The van der Waals surface area contributed by atoms with Crippen LogP contribution in [0.15, 0.2) is 36.8 Å². The lowest BCUT2D eigenvalue weighted by molar-refractivity contribution is 0.0525. The minimum absolute atomic E-state index is 0.348. The Kier molecular flexibility index (Phi) is 9.39. The van der Waals surface area contributed by atoms with Crippen LogP contribution < -0.4 is 9.64 Å². The van der Waals surface area contributed by atoms with Gasteiger partial charge in [-0.15, -0.1) is 0 Å². The Balaban J connectivity index is 1.31. The maximum Gasteiger partial charge on any atom is 0.341 e. The summed E-state index contributed by atoms with van der Waals surface area (Å²) < 4.78 is 12.9. The number of esters is 1. The van der Waals surface area contributed by atoms with Gasteiger partial charge in [0.1, 0.15) is 5.75 Å². The fourth-order valence-electron chi connectivity index (χ4n) is 5.24. The lowest BCUT2D eigenvalue weighted by Crippen LogP contribution is -2.40. The molecule has 0 bridgehead atoms. The van der Waals surface area contributed by atoms with Crippen LogP contribution in [0.3, 0.4) is 0 Å². The highest BCUT2D eigenvalue weighted by Crippen LogP contribution is 2.27. The number of aromatic nitrogens is 3. The first-order chi connectivity index (χ1) is 18.1. The molecule has 2 aromatic heterocycles. The van der Waals surface area contributed by atoms with Crippen LogP contribution in [-0.4, -0.2) is 71.8 Å². The predicted molar refractivity (Wildman–Crippen MR) is 148 cm³/mol. The zero-order valence-electron chi connectivity index (χ0n) is 22.8. The molecule has 1 saturated heterocycles. The van der Waals surface area contributed by atoms with Crippen LogP contribution in [0.2, 0.25) is 0 Å². The fourth-order valence-corrected chi connectivity index (χ4v) is 5.24. The molecule has 1 aliphatic rings. The molecule has 0 radical (unpaired) electrons. The summed E-state index contributed by atoms with van der Waals surface area (Å²) in [7, 11) is 1.73. The van der Waals surface area contributed by atoms with Gasteiger partial charge >= 0.3 is 5.97 Å². The number of anilines is 1. The largest absolute Gasteiger partial charge is 0.497 e. The van der Waals surface area contributed by atoms with Gasteiger partial charge in [0.2, 0.25) is 5.95 Å². The van der Waals surface area contributed by atoms with Gasteiger partial charge in [-0.1, -0.05) is 13.8 Å². The Labute approximate surface area is 220 Å². The summed E-state index contributed by atoms with van der Waals surface area (Å²) >= 11 is 0. The second-order valence-corrected chi connectivity index (χ2v) is 9.80. The molecule has 0 unspecified atom stereocenters. The molecule has 200 valence electrons. The van der Waals surface area contributed by atoms with E-state index in [4.69, 9.17) is 9.47 Å². The van der Waals surface area contributed by atoms with E-state index in [1.54, 1.807) is 26.4 Å². The third-order valence-corrected chi connectivity index (χ3v) is 7.34. The molecular weight excluding hydrogens is 466 g/mol. The summed E-state index contributed by atoms with van der Waals surface area (Å²) in [5.74, 6) is 1.90. The van der Waals surface area contributed by atoms with Crippen LogP contribution >= 0.6 is 0 Å². The first-order valence-electron chi connectivity index (χ1n) is 13.7. The van der Waals surface area contributed by atoms with E-state index in [2.05, 4.69) is 62.6 Å². The number of aryl methyl sites for hydroxylation is 1. The number of ether oxygens (including phenoxy) is 2. The van der Waals surface area contributed by atoms with Crippen molar-refractivity contribution in [3.05, 3.63) is 47.9 Å². The summed E-state index contributed by atoms with van der Waals surface area (Å²) in [5.41, 5.74) is 3.09. The Morgan fingerprint density at radius 2 is 1.89 bits per heavy atom. The summed E-state index contributed by atoms with van der Waals surface area (Å²) in [4.78, 5) is 25.5. The molecule has 0 N–H and O–H groups in total. The van der Waals surface area contributed by atoms with Gasteiger partial charge in [0.05, 0.1) is 24.8 Å². The Morgan fingerprint density at radius 3 is 2.54 bits per heavy atom. The predicted octanol–water partition coefficient (Wildman–Crippen LogP) is 4.81. The maximum absolute atomic E-state index is 11.8. The van der Waals surface area contributed by atoms with Gasteiger partial charge < -0.3 is 23.8 Å². The van der Waals surface area contributed by atoms with Crippen molar-refractivity contribution in [2.45, 2.75) is 53.0 Å². The van der Waals surface area contributed by atoms with E-state index >= 15 is 0 Å². The van der Waals surface area contributed by atoms with E-state index in [-0.39, 0.29) is 5.97 Å². The quantitative estimate of drug-likeness (QED) is 0.326. The Morgan fingerprint density at radius 1 is 1.14 bits per heavy atom. The van der Waals surface area contributed by atoms with Crippen molar-refractivity contribution in [3.63, 3.8) is 0 Å². The van der Waals surface area contributed by atoms with Crippen molar-refractivity contribution in [3.8, 4) is 5.75 Å². The van der Waals surface area contributed by atoms with Crippen LogP contribution in [0, 0.1) is 5.92 Å². The van der Waals surface area contributed by atoms with Crippen molar-refractivity contribution in [2.24, 2.45) is 5.92 Å². The zero-order valence-corrected chi connectivity index (χ0v) is 22.8. The minimum atomic E-state index is -0.373. The number of carbonyl (C=O) groups excluding carboxylic acids is 1. The number of hydrogen-bond donors (Lipinski definition) is 0. The number of hydrogen-bond acceptors (Lipinski definition) is 7. The number of likely N-dealkylation sites (N-methyl/N-ethyl adjacent to an activating group) is 1. The molecule has 3 heterocycles. The van der Waals surface area contributed by atoms with Crippen LogP contribution in [0.1, 0.15) is 56.0 Å². The lowest BCUT2D eigenvalue weighted by atomic mass is 9.96. The van der Waals surface area contributed by atoms with Crippen LogP contribution in [0.25, 0.3) is 10.9 Å². The normalized spacial score (nSPS) is 14.5. The Hall–Kier alpha value is -3.13. The van der Waals surface area contributed by atoms with Gasteiger partial charge in [0, 0.05) is 62.8 Å². The molecule has 4 rings (SSSR count). The number of carbonyl (C=O) groups is 1. The third kappa shape index (κ3) is 6.60. The standard InChI is InChI=1S/C29H41N5O3/c1-5-13-34-21-23(26-9-8-25(36-4)17-27(26)34)12-14-32(6-2)20-22-10-15-33(16-11-22)29-30-18-24(19-31-29)28(35)37-7-3/h8-9,17-19,21-22H,5-7,10-16,20H2,1-4H3. The van der Waals surface area contributed by atoms with Crippen molar-refractivity contribution < 1.29 is 14.3 Å². The highest BCUT2D eigenvalue weighted by atomic mass is 16.5. The average molecular weight is 508 g/mol. The topological polar surface area (TPSA) is 72.7 Å². The van der Waals surface area contributed by atoms with E-state index in [1.165, 1.54) is 16.5 Å². The van der Waals surface area contributed by atoms with Crippen LogP contribution in [0.4, 0.5) is 5.95 Å². The van der Waals surface area contributed by atoms with Crippen LogP contribution in [-0.2, 0) is 17.7 Å². The molecule has 1 aromatic carbocycles. The maximum atomic E-state index is 11.8. The lowest BCUT2D eigenvalue weighted by Gasteiger charge is -2.34. The minimum Gasteiger partial charge on any atom is -0.497 e. The van der Waals surface area contributed by atoms with Gasteiger partial charge in [-0.3, -0.25) is 0 Å². The zero-order chi connectivity index (χ0) is 26.2. The molecule has 37 heavy (non-hydrogen) atoms. The number of methoxy groups -OCH3 is 1. The van der Waals surface area contributed by atoms with Gasteiger partial charge in [-0.2, -0.15) is 0 Å². The molecule has 0 saturated carbocycles. The number of piperidine rings is 1. The van der Waals surface area contributed by atoms with Crippen molar-refractivity contribution in [2.75, 3.05) is 51.3 Å². The summed E-state index contributed by atoms with van der Waals surface area (Å²) in [6.45, 7) is 12.8. The van der Waals surface area contributed by atoms with Crippen LogP contribution in [0.5, 0.6) is 5.75 Å². The molecule has 8 nitrogen and oxygen atoms in total. The second kappa shape index (κ2) is 12.9. The van der Waals surface area contributed by atoms with Gasteiger partial charge in [-0.25, -0.2) is 14.8 Å². The van der Waals surface area contributed by atoms with E-state index in [0.717, 1.165) is 70.7 Å². The summed E-state index contributed by atoms with van der Waals surface area (Å²) in [5, 5.41) is 1.34. The third-order valence-electron chi connectivity index (χ3n) is 7.34. The van der Waals surface area contributed by atoms with Gasteiger partial charge in [-0.05, 0) is 62.8 Å². The van der Waals surface area contributed by atoms with Gasteiger partial charge in [0.15, 0.2) is 0 Å². The molecule has 1 fully saturated rings. The van der Waals surface area contributed by atoms with E-state index in [1.807, 2.05) is 0 Å². The van der Waals surface area contributed by atoms with Gasteiger partial charge in [0.25, 0.3) is 0 Å². The number of nitrogens with zero attached hydrogens (tertiary/aromatic N) is 5. The van der Waals surface area contributed by atoms with Crippen molar-refractivity contribution >= 4 is 22.8 Å². The average Bonchev–Trinajstić information content (AvgIpc) is 3.28. The van der Waals surface area contributed by atoms with Crippen molar-refractivity contribution in [1.29, 1.82) is 0 Å². The summed E-state index contributed by atoms with van der Waals surface area (Å²) in [6, 6.07) is 6.44. The molecule has 0 amide bonds. The van der Waals surface area contributed by atoms with E-state index in [0.29, 0.717) is 24.0 Å². The smallest absolute Gasteiger partial charge is 0.341 e. The molecule has 0 aliphatic carbocycles.